The Morgan fingerprint density at radius 1 is 1.27 bits per heavy atom. The lowest BCUT2D eigenvalue weighted by molar-refractivity contribution is -0.130. The molecule has 0 unspecified atom stereocenters. The maximum atomic E-state index is 12.7. The highest BCUT2D eigenvalue weighted by atomic mass is 35.5. The molecule has 0 spiro atoms. The molecule has 1 N–H and O–H groups in total. The number of benzene rings is 2. The summed E-state index contributed by atoms with van der Waals surface area (Å²) in [5.74, 6) is 0.281. The Labute approximate surface area is 157 Å². The number of ether oxygens (including phenoxy) is 1. The van der Waals surface area contributed by atoms with E-state index >= 15 is 0 Å². The third-order valence-corrected chi connectivity index (χ3v) is 4.51. The summed E-state index contributed by atoms with van der Waals surface area (Å²) in [6.45, 7) is -0.0689. The first-order valence-corrected chi connectivity index (χ1v) is 8.51. The minimum atomic E-state index is -0.415. The van der Waals surface area contributed by atoms with Crippen molar-refractivity contribution in [2.24, 2.45) is 0 Å². The van der Waals surface area contributed by atoms with E-state index in [4.69, 9.17) is 16.3 Å². The van der Waals surface area contributed by atoms with Gasteiger partial charge >= 0.3 is 0 Å². The number of para-hydroxylation sites is 1. The highest BCUT2D eigenvalue weighted by Crippen LogP contribution is 2.36. The van der Waals surface area contributed by atoms with Gasteiger partial charge in [-0.1, -0.05) is 29.8 Å². The number of likely N-dealkylation sites (N-methyl/N-ethyl adjacent to an activating group) is 1. The molecule has 136 valence electrons. The van der Waals surface area contributed by atoms with E-state index in [2.05, 4.69) is 5.32 Å². The summed E-state index contributed by atoms with van der Waals surface area (Å²) in [5.41, 5.74) is 2.01. The zero-order chi connectivity index (χ0) is 18.8. The molecule has 1 aliphatic rings. The van der Waals surface area contributed by atoms with Crippen LogP contribution in [0.1, 0.15) is 22.1 Å². The van der Waals surface area contributed by atoms with Gasteiger partial charge in [-0.15, -0.1) is 0 Å². The Kier molecular flexibility index (Phi) is 5.04. The minimum Gasteiger partial charge on any atom is -0.483 e. The van der Waals surface area contributed by atoms with Crippen molar-refractivity contribution in [2.75, 3.05) is 33.1 Å². The van der Waals surface area contributed by atoms with Crippen molar-refractivity contribution in [3.8, 4) is 5.75 Å². The van der Waals surface area contributed by atoms with Gasteiger partial charge in [0.15, 0.2) is 6.61 Å². The highest BCUT2D eigenvalue weighted by molar-refractivity contribution is 6.31. The van der Waals surface area contributed by atoms with Crippen LogP contribution >= 0.6 is 11.6 Å². The number of amides is 2. The van der Waals surface area contributed by atoms with E-state index in [1.165, 1.54) is 4.90 Å². The maximum Gasteiger partial charge on any atom is 0.259 e. The standard InChI is InChI=1S/C19H20ClN3O3/c1-22(2)17(24)11-26-16-7-5-4-6-13(16)18-21-15-9-8-12(20)10-14(15)19(25)23(18)3/h4-10,18,21H,11H2,1-3H3/t18-/m0/s1. The topological polar surface area (TPSA) is 61.9 Å². The van der Waals surface area contributed by atoms with Crippen LogP contribution in [-0.2, 0) is 4.79 Å². The minimum absolute atomic E-state index is 0.0689. The summed E-state index contributed by atoms with van der Waals surface area (Å²) in [7, 11) is 5.06. The number of hydrogen-bond acceptors (Lipinski definition) is 4. The maximum absolute atomic E-state index is 12.7. The summed E-state index contributed by atoms with van der Waals surface area (Å²) in [6, 6.07) is 12.5. The number of rotatable bonds is 4. The highest BCUT2D eigenvalue weighted by Gasteiger charge is 2.32. The zero-order valence-electron chi connectivity index (χ0n) is 14.8. The first-order valence-electron chi connectivity index (χ1n) is 8.13. The molecule has 0 radical (unpaired) electrons. The van der Waals surface area contributed by atoms with Crippen LogP contribution in [-0.4, -0.2) is 49.4 Å². The third-order valence-electron chi connectivity index (χ3n) is 4.28. The van der Waals surface area contributed by atoms with Crippen molar-refractivity contribution < 1.29 is 14.3 Å². The molecular formula is C19H20ClN3O3. The number of nitrogens with zero attached hydrogens (tertiary/aromatic N) is 2. The molecule has 2 aromatic carbocycles. The molecule has 1 atom stereocenters. The van der Waals surface area contributed by atoms with Crippen molar-refractivity contribution in [3.63, 3.8) is 0 Å². The van der Waals surface area contributed by atoms with Crippen LogP contribution in [0, 0.1) is 0 Å². The van der Waals surface area contributed by atoms with E-state index in [9.17, 15) is 9.59 Å². The molecule has 0 saturated carbocycles. The fourth-order valence-electron chi connectivity index (χ4n) is 2.76. The molecule has 6 nitrogen and oxygen atoms in total. The van der Waals surface area contributed by atoms with E-state index in [-0.39, 0.29) is 18.4 Å². The van der Waals surface area contributed by atoms with Gasteiger partial charge in [0.05, 0.1) is 5.56 Å². The van der Waals surface area contributed by atoms with Gasteiger partial charge in [0.25, 0.3) is 11.8 Å². The van der Waals surface area contributed by atoms with E-state index in [1.807, 2.05) is 18.2 Å². The number of fused-ring (bicyclic) bond motifs is 1. The summed E-state index contributed by atoms with van der Waals surface area (Å²) in [4.78, 5) is 27.6. The van der Waals surface area contributed by atoms with Crippen LogP contribution < -0.4 is 10.1 Å². The van der Waals surface area contributed by atoms with Gasteiger partial charge in [0, 0.05) is 37.4 Å². The molecule has 2 amide bonds. The number of hydrogen-bond donors (Lipinski definition) is 1. The predicted octanol–water partition coefficient (Wildman–Crippen LogP) is 3.00. The van der Waals surface area contributed by atoms with Crippen molar-refractivity contribution >= 4 is 29.1 Å². The average molecular weight is 374 g/mol. The molecule has 7 heteroatoms. The van der Waals surface area contributed by atoms with Gasteiger partial charge in [-0.3, -0.25) is 9.59 Å². The number of carbonyl (C=O) groups excluding carboxylic acids is 2. The van der Waals surface area contributed by atoms with Crippen LogP contribution in [0.25, 0.3) is 0 Å². The molecule has 3 rings (SSSR count). The molecule has 0 aromatic heterocycles. The summed E-state index contributed by atoms with van der Waals surface area (Å²) in [6.07, 6.45) is -0.415. The Hall–Kier alpha value is -2.73. The van der Waals surface area contributed by atoms with Gasteiger partial charge in [-0.05, 0) is 24.3 Å². The van der Waals surface area contributed by atoms with Crippen LogP contribution in [0.4, 0.5) is 5.69 Å². The Morgan fingerprint density at radius 3 is 2.73 bits per heavy atom. The lowest BCUT2D eigenvalue weighted by atomic mass is 10.0. The van der Waals surface area contributed by atoms with Crippen molar-refractivity contribution in [1.82, 2.24) is 9.80 Å². The SMILES string of the molecule is CN(C)C(=O)COc1ccccc1[C@H]1Nc2ccc(Cl)cc2C(=O)N1C. The number of carbonyl (C=O) groups is 2. The smallest absolute Gasteiger partial charge is 0.259 e. The first-order chi connectivity index (χ1) is 12.4. The molecule has 1 heterocycles. The second-order valence-electron chi connectivity index (χ2n) is 6.27. The Bertz CT molecular complexity index is 854. The molecule has 0 fully saturated rings. The van der Waals surface area contributed by atoms with E-state index in [0.29, 0.717) is 22.0 Å². The van der Waals surface area contributed by atoms with Crippen LogP contribution in [0.5, 0.6) is 5.75 Å². The van der Waals surface area contributed by atoms with E-state index in [1.54, 1.807) is 50.3 Å². The fraction of sp³-hybridized carbons (Fsp3) is 0.263. The van der Waals surface area contributed by atoms with Gasteiger partial charge in [0.2, 0.25) is 0 Å². The van der Waals surface area contributed by atoms with Gasteiger partial charge in [-0.25, -0.2) is 0 Å². The Balaban J connectivity index is 1.91. The van der Waals surface area contributed by atoms with Gasteiger partial charge < -0.3 is 19.9 Å². The summed E-state index contributed by atoms with van der Waals surface area (Å²) in [5, 5.41) is 3.85. The zero-order valence-corrected chi connectivity index (χ0v) is 15.6. The largest absolute Gasteiger partial charge is 0.483 e. The van der Waals surface area contributed by atoms with Crippen LogP contribution in [0.15, 0.2) is 42.5 Å². The molecule has 0 saturated heterocycles. The monoisotopic (exact) mass is 373 g/mol. The van der Waals surface area contributed by atoms with Crippen molar-refractivity contribution in [3.05, 3.63) is 58.6 Å². The fourth-order valence-corrected chi connectivity index (χ4v) is 2.94. The predicted molar refractivity (Wildman–Crippen MR) is 101 cm³/mol. The molecule has 1 aliphatic heterocycles. The second kappa shape index (κ2) is 7.25. The summed E-state index contributed by atoms with van der Waals surface area (Å²) >= 11 is 6.01. The van der Waals surface area contributed by atoms with Gasteiger partial charge in [-0.2, -0.15) is 0 Å². The Morgan fingerprint density at radius 2 is 2.00 bits per heavy atom. The number of halogens is 1. The van der Waals surface area contributed by atoms with E-state index in [0.717, 1.165) is 5.56 Å². The molecule has 0 aliphatic carbocycles. The van der Waals surface area contributed by atoms with E-state index < -0.39 is 6.17 Å². The first kappa shape index (κ1) is 18.1. The molecule has 0 bridgehead atoms. The second-order valence-corrected chi connectivity index (χ2v) is 6.70. The van der Waals surface area contributed by atoms with Crippen LogP contribution in [0.2, 0.25) is 5.02 Å². The number of nitrogens with one attached hydrogen (secondary N) is 1. The van der Waals surface area contributed by atoms with Gasteiger partial charge in [0.1, 0.15) is 11.9 Å². The normalized spacial score (nSPS) is 15.9. The average Bonchev–Trinajstić information content (AvgIpc) is 2.63. The number of anilines is 1. The van der Waals surface area contributed by atoms with Crippen LogP contribution in [0.3, 0.4) is 0 Å². The lowest BCUT2D eigenvalue weighted by Crippen LogP contribution is -2.40. The lowest BCUT2D eigenvalue weighted by Gasteiger charge is -2.36. The van der Waals surface area contributed by atoms with Crippen molar-refractivity contribution in [1.29, 1.82) is 0 Å². The summed E-state index contributed by atoms with van der Waals surface area (Å²) < 4.78 is 5.71. The molecule has 26 heavy (non-hydrogen) atoms. The quantitative estimate of drug-likeness (QED) is 0.894. The molecule has 2 aromatic rings. The molecular weight excluding hydrogens is 354 g/mol. The third kappa shape index (κ3) is 3.46. The van der Waals surface area contributed by atoms with Crippen molar-refractivity contribution in [2.45, 2.75) is 6.17 Å².